The molecule has 2 rings (SSSR count). The van der Waals surface area contributed by atoms with Crippen molar-refractivity contribution in [1.29, 1.82) is 0 Å². The van der Waals surface area contributed by atoms with Gasteiger partial charge < -0.3 is 5.73 Å². The first-order chi connectivity index (χ1) is 7.27. The second-order valence-corrected chi connectivity index (χ2v) is 4.72. The smallest absolute Gasteiger partial charge is 0.0338 e. The van der Waals surface area contributed by atoms with Crippen LogP contribution in [-0.4, -0.2) is 4.98 Å². The van der Waals surface area contributed by atoms with Crippen LogP contribution < -0.4 is 5.73 Å². The molecule has 0 aromatic carbocycles. The summed E-state index contributed by atoms with van der Waals surface area (Å²) in [4.78, 5) is 4.22. The summed E-state index contributed by atoms with van der Waals surface area (Å²) in [6.07, 6.45) is 10.5. The van der Waals surface area contributed by atoms with Crippen molar-refractivity contribution >= 4 is 0 Å². The van der Waals surface area contributed by atoms with Gasteiger partial charge in [-0.15, -0.1) is 0 Å². The summed E-state index contributed by atoms with van der Waals surface area (Å²) in [5.74, 6) is 0.669. The van der Waals surface area contributed by atoms with Crippen LogP contribution in [-0.2, 0) is 0 Å². The Hall–Kier alpha value is -0.890. The fourth-order valence-corrected chi connectivity index (χ4v) is 2.53. The first-order valence-electron chi connectivity index (χ1n) is 5.94. The Kier molecular flexibility index (Phi) is 3.37. The molecule has 1 aliphatic carbocycles. The fraction of sp³-hybridized carbons (Fsp3) is 0.615. The molecule has 0 bridgehead atoms. The molecule has 1 unspecified atom stereocenters. The molecule has 1 heterocycles. The lowest BCUT2D eigenvalue weighted by Crippen LogP contribution is -2.23. The van der Waals surface area contributed by atoms with Crippen molar-refractivity contribution in [2.24, 2.45) is 11.7 Å². The summed E-state index contributed by atoms with van der Waals surface area (Å²) < 4.78 is 0. The van der Waals surface area contributed by atoms with Crippen LogP contribution in [0.1, 0.15) is 49.3 Å². The minimum absolute atomic E-state index is 0.192. The Morgan fingerprint density at radius 3 is 2.67 bits per heavy atom. The summed E-state index contributed by atoms with van der Waals surface area (Å²) in [7, 11) is 0. The van der Waals surface area contributed by atoms with Crippen molar-refractivity contribution in [3.8, 4) is 0 Å². The first-order valence-corrected chi connectivity index (χ1v) is 5.94. The Bertz CT molecular complexity index is 316. The van der Waals surface area contributed by atoms with E-state index in [9.17, 15) is 0 Å². The molecule has 2 N–H and O–H groups in total. The van der Waals surface area contributed by atoms with Crippen LogP contribution >= 0.6 is 0 Å². The van der Waals surface area contributed by atoms with Crippen LogP contribution in [0.15, 0.2) is 18.5 Å². The number of aryl methyl sites for hydroxylation is 1. The highest BCUT2D eigenvalue weighted by molar-refractivity contribution is 5.20. The number of hydrogen-bond acceptors (Lipinski definition) is 2. The van der Waals surface area contributed by atoms with Gasteiger partial charge in [0.2, 0.25) is 0 Å². The zero-order valence-electron chi connectivity index (χ0n) is 9.45. The second kappa shape index (κ2) is 4.75. The predicted octanol–water partition coefficient (Wildman–Crippen LogP) is 2.97. The molecular weight excluding hydrogens is 184 g/mol. The SMILES string of the molecule is Cc1cncc(C(N)C2CCCCC2)c1. The van der Waals surface area contributed by atoms with Gasteiger partial charge in [-0.05, 0) is 36.8 Å². The monoisotopic (exact) mass is 204 g/mol. The van der Waals surface area contributed by atoms with Crippen LogP contribution in [0.25, 0.3) is 0 Å². The normalized spacial score (nSPS) is 20.1. The third-order valence-corrected chi connectivity index (χ3v) is 3.44. The van der Waals surface area contributed by atoms with Crippen LogP contribution in [0.2, 0.25) is 0 Å². The molecular formula is C13H20N2. The van der Waals surface area contributed by atoms with Crippen molar-refractivity contribution in [3.05, 3.63) is 29.6 Å². The van der Waals surface area contributed by atoms with E-state index in [4.69, 9.17) is 5.73 Å². The van der Waals surface area contributed by atoms with Gasteiger partial charge in [0.05, 0.1) is 0 Å². The van der Waals surface area contributed by atoms with E-state index in [-0.39, 0.29) is 6.04 Å². The van der Waals surface area contributed by atoms with E-state index < -0.39 is 0 Å². The maximum absolute atomic E-state index is 6.30. The maximum atomic E-state index is 6.30. The van der Waals surface area contributed by atoms with E-state index in [0.29, 0.717) is 5.92 Å². The quantitative estimate of drug-likeness (QED) is 0.804. The van der Waals surface area contributed by atoms with Gasteiger partial charge in [0.15, 0.2) is 0 Å². The Morgan fingerprint density at radius 2 is 2.00 bits per heavy atom. The third kappa shape index (κ3) is 2.57. The van der Waals surface area contributed by atoms with Crippen molar-refractivity contribution in [1.82, 2.24) is 4.98 Å². The number of nitrogens with two attached hydrogens (primary N) is 1. The van der Waals surface area contributed by atoms with Gasteiger partial charge in [0.25, 0.3) is 0 Å². The topological polar surface area (TPSA) is 38.9 Å². The van der Waals surface area contributed by atoms with Crippen LogP contribution in [0, 0.1) is 12.8 Å². The van der Waals surface area contributed by atoms with E-state index in [1.54, 1.807) is 0 Å². The summed E-state index contributed by atoms with van der Waals surface area (Å²) in [6, 6.07) is 2.37. The summed E-state index contributed by atoms with van der Waals surface area (Å²) in [5, 5.41) is 0. The minimum Gasteiger partial charge on any atom is -0.324 e. The van der Waals surface area contributed by atoms with Crippen LogP contribution in [0.3, 0.4) is 0 Å². The average molecular weight is 204 g/mol. The molecule has 1 aromatic heterocycles. The summed E-state index contributed by atoms with van der Waals surface area (Å²) in [6.45, 7) is 2.07. The molecule has 0 radical (unpaired) electrons. The number of rotatable bonds is 2. The first kappa shape index (κ1) is 10.6. The van der Waals surface area contributed by atoms with E-state index in [1.807, 2.05) is 12.4 Å². The Labute approximate surface area is 91.9 Å². The number of hydrogen-bond donors (Lipinski definition) is 1. The van der Waals surface area contributed by atoms with Gasteiger partial charge >= 0.3 is 0 Å². The van der Waals surface area contributed by atoms with E-state index in [2.05, 4.69) is 18.0 Å². The molecule has 1 aliphatic rings. The van der Waals surface area contributed by atoms with Gasteiger partial charge in [0.1, 0.15) is 0 Å². The molecule has 0 saturated heterocycles. The van der Waals surface area contributed by atoms with Crippen LogP contribution in [0.5, 0.6) is 0 Å². The average Bonchev–Trinajstić information content (AvgIpc) is 2.29. The zero-order chi connectivity index (χ0) is 10.7. The second-order valence-electron chi connectivity index (χ2n) is 4.72. The molecule has 82 valence electrons. The number of aromatic nitrogens is 1. The van der Waals surface area contributed by atoms with Gasteiger partial charge in [-0.25, -0.2) is 0 Å². The Balaban J connectivity index is 2.08. The predicted molar refractivity (Wildman–Crippen MR) is 62.5 cm³/mol. The lowest BCUT2D eigenvalue weighted by molar-refractivity contribution is 0.308. The Morgan fingerprint density at radius 1 is 1.27 bits per heavy atom. The lowest BCUT2D eigenvalue weighted by atomic mass is 9.82. The van der Waals surface area contributed by atoms with Crippen molar-refractivity contribution in [3.63, 3.8) is 0 Å². The fourth-order valence-electron chi connectivity index (χ4n) is 2.53. The maximum Gasteiger partial charge on any atom is 0.0338 e. The highest BCUT2D eigenvalue weighted by Gasteiger charge is 2.21. The molecule has 2 nitrogen and oxygen atoms in total. The molecule has 2 heteroatoms. The van der Waals surface area contributed by atoms with E-state index >= 15 is 0 Å². The molecule has 1 aromatic rings. The molecule has 0 aliphatic heterocycles. The zero-order valence-corrected chi connectivity index (χ0v) is 9.45. The standard InChI is InChI=1S/C13H20N2/c1-10-7-12(9-15-8-10)13(14)11-5-3-2-4-6-11/h7-9,11,13H,2-6,14H2,1H3. The van der Waals surface area contributed by atoms with Crippen molar-refractivity contribution < 1.29 is 0 Å². The van der Waals surface area contributed by atoms with Gasteiger partial charge in [-0.1, -0.05) is 25.3 Å². The summed E-state index contributed by atoms with van der Waals surface area (Å²) in [5.41, 5.74) is 8.72. The third-order valence-electron chi connectivity index (χ3n) is 3.44. The van der Waals surface area contributed by atoms with Gasteiger partial charge in [-0.3, -0.25) is 4.98 Å². The van der Waals surface area contributed by atoms with Crippen molar-refractivity contribution in [2.75, 3.05) is 0 Å². The molecule has 0 amide bonds. The minimum atomic E-state index is 0.192. The molecule has 1 fully saturated rings. The van der Waals surface area contributed by atoms with Gasteiger partial charge in [-0.2, -0.15) is 0 Å². The highest BCUT2D eigenvalue weighted by Crippen LogP contribution is 2.32. The van der Waals surface area contributed by atoms with E-state index in [0.717, 1.165) is 0 Å². The largest absolute Gasteiger partial charge is 0.324 e. The van der Waals surface area contributed by atoms with E-state index in [1.165, 1.54) is 43.2 Å². The number of pyridine rings is 1. The molecule has 0 spiro atoms. The molecule has 1 saturated carbocycles. The molecule has 15 heavy (non-hydrogen) atoms. The molecule has 1 atom stereocenters. The highest BCUT2D eigenvalue weighted by atomic mass is 14.7. The van der Waals surface area contributed by atoms with Gasteiger partial charge in [0, 0.05) is 18.4 Å². The van der Waals surface area contributed by atoms with Crippen LogP contribution in [0.4, 0.5) is 0 Å². The summed E-state index contributed by atoms with van der Waals surface area (Å²) >= 11 is 0. The number of nitrogens with zero attached hydrogens (tertiary/aromatic N) is 1. The lowest BCUT2D eigenvalue weighted by Gasteiger charge is -2.27. The van der Waals surface area contributed by atoms with Crippen molar-refractivity contribution in [2.45, 2.75) is 45.1 Å².